The fraction of sp³-hybridized carbons (Fsp3) is 0.625. The van der Waals surface area contributed by atoms with Gasteiger partial charge in [-0.15, -0.1) is 0 Å². The van der Waals surface area contributed by atoms with Crippen molar-refractivity contribution in [3.8, 4) is 0 Å². The maximum atomic E-state index is 2.28. The third-order valence-corrected chi connectivity index (χ3v) is 3.64. The molecule has 0 aliphatic carbocycles. The highest BCUT2D eigenvalue weighted by atomic mass is 14.2. The van der Waals surface area contributed by atoms with Gasteiger partial charge < -0.3 is 0 Å². The number of benzene rings is 1. The summed E-state index contributed by atoms with van der Waals surface area (Å²) in [6.07, 6.45) is 0. The van der Waals surface area contributed by atoms with Crippen molar-refractivity contribution in [3.63, 3.8) is 0 Å². The van der Waals surface area contributed by atoms with E-state index in [0.29, 0.717) is 5.92 Å². The van der Waals surface area contributed by atoms with E-state index in [1.807, 2.05) is 13.8 Å². The SMILES string of the molecule is CC.Cc1c(C)c(C)c(C(C)C)c(C)c1C. The molecule has 0 aromatic heterocycles. The van der Waals surface area contributed by atoms with Crippen LogP contribution in [0.15, 0.2) is 0 Å². The summed E-state index contributed by atoms with van der Waals surface area (Å²) in [6.45, 7) is 19.8. The standard InChI is InChI=1S/C14H22.C2H6/c1-8(2)14-12(6)10(4)9(3)11(5)13(14)7;1-2/h8H,1-7H3;1-2H3. The lowest BCUT2D eigenvalue weighted by molar-refractivity contribution is 0.837. The summed E-state index contributed by atoms with van der Waals surface area (Å²) in [5.74, 6) is 0.632. The van der Waals surface area contributed by atoms with Crippen molar-refractivity contribution in [3.05, 3.63) is 33.4 Å². The molecule has 92 valence electrons. The van der Waals surface area contributed by atoms with Gasteiger partial charge in [0.05, 0.1) is 0 Å². The predicted octanol–water partition coefficient (Wildman–Crippen LogP) is 5.38. The van der Waals surface area contributed by atoms with E-state index in [2.05, 4.69) is 48.5 Å². The number of hydrogen-bond acceptors (Lipinski definition) is 0. The molecular formula is C16H28. The Morgan fingerprint density at radius 3 is 1.06 bits per heavy atom. The Kier molecular flexibility index (Phi) is 5.78. The van der Waals surface area contributed by atoms with Crippen LogP contribution in [0.1, 0.15) is 67.0 Å². The first-order valence-corrected chi connectivity index (χ1v) is 6.44. The van der Waals surface area contributed by atoms with E-state index in [-0.39, 0.29) is 0 Å². The van der Waals surface area contributed by atoms with Crippen molar-refractivity contribution in [2.45, 2.75) is 68.2 Å². The molecule has 0 fully saturated rings. The maximum absolute atomic E-state index is 2.28. The van der Waals surface area contributed by atoms with Crippen LogP contribution in [0.4, 0.5) is 0 Å². The number of hydrogen-bond donors (Lipinski definition) is 0. The second kappa shape index (κ2) is 6.08. The molecule has 0 saturated heterocycles. The quantitative estimate of drug-likeness (QED) is 0.596. The predicted molar refractivity (Wildman–Crippen MR) is 75.6 cm³/mol. The van der Waals surface area contributed by atoms with Crippen LogP contribution in [0.2, 0.25) is 0 Å². The molecule has 0 aliphatic rings. The molecule has 1 rings (SSSR count). The summed E-state index contributed by atoms with van der Waals surface area (Å²) in [6, 6.07) is 0. The van der Waals surface area contributed by atoms with E-state index >= 15 is 0 Å². The fourth-order valence-corrected chi connectivity index (χ4v) is 2.40. The molecular weight excluding hydrogens is 192 g/mol. The first kappa shape index (κ1) is 15.2. The minimum atomic E-state index is 0.632. The Morgan fingerprint density at radius 2 is 0.812 bits per heavy atom. The molecule has 0 saturated carbocycles. The van der Waals surface area contributed by atoms with Crippen LogP contribution in [0, 0.1) is 34.6 Å². The molecule has 0 bridgehead atoms. The van der Waals surface area contributed by atoms with Crippen molar-refractivity contribution < 1.29 is 0 Å². The summed E-state index contributed by atoms with van der Waals surface area (Å²) in [5, 5.41) is 0. The molecule has 0 aliphatic heterocycles. The zero-order valence-corrected chi connectivity index (χ0v) is 12.6. The molecule has 16 heavy (non-hydrogen) atoms. The monoisotopic (exact) mass is 220 g/mol. The van der Waals surface area contributed by atoms with Crippen LogP contribution in [0.25, 0.3) is 0 Å². The van der Waals surface area contributed by atoms with Gasteiger partial charge in [0.1, 0.15) is 0 Å². The van der Waals surface area contributed by atoms with Gasteiger partial charge in [0, 0.05) is 0 Å². The lowest BCUT2D eigenvalue weighted by atomic mass is 9.85. The molecule has 0 radical (unpaired) electrons. The van der Waals surface area contributed by atoms with E-state index in [4.69, 9.17) is 0 Å². The third-order valence-electron chi connectivity index (χ3n) is 3.64. The third kappa shape index (κ3) is 2.66. The first-order valence-electron chi connectivity index (χ1n) is 6.44. The zero-order valence-electron chi connectivity index (χ0n) is 12.6. The summed E-state index contributed by atoms with van der Waals surface area (Å²) in [4.78, 5) is 0. The highest BCUT2D eigenvalue weighted by Gasteiger charge is 2.13. The number of rotatable bonds is 1. The molecule has 0 spiro atoms. The second-order valence-corrected chi connectivity index (χ2v) is 4.69. The fourth-order valence-electron chi connectivity index (χ4n) is 2.40. The summed E-state index contributed by atoms with van der Waals surface area (Å²) >= 11 is 0. The molecule has 0 atom stereocenters. The van der Waals surface area contributed by atoms with E-state index in [1.165, 1.54) is 27.8 Å². The van der Waals surface area contributed by atoms with E-state index < -0.39 is 0 Å². The molecule has 0 N–H and O–H groups in total. The zero-order chi connectivity index (χ0) is 13.0. The molecule has 0 heterocycles. The molecule has 1 aromatic rings. The minimum absolute atomic E-state index is 0.632. The Hall–Kier alpha value is -0.780. The van der Waals surface area contributed by atoms with Gasteiger partial charge in [0.25, 0.3) is 0 Å². The smallest absolute Gasteiger partial charge is 0.0213 e. The van der Waals surface area contributed by atoms with Gasteiger partial charge >= 0.3 is 0 Å². The Bertz CT molecular complexity index is 328. The average molecular weight is 220 g/mol. The Balaban J connectivity index is 0.00000106. The maximum Gasteiger partial charge on any atom is -0.0213 e. The highest BCUT2D eigenvalue weighted by molar-refractivity contribution is 5.50. The van der Waals surface area contributed by atoms with Crippen molar-refractivity contribution in [1.82, 2.24) is 0 Å². The topological polar surface area (TPSA) is 0 Å². The van der Waals surface area contributed by atoms with E-state index in [1.54, 1.807) is 5.56 Å². The Labute approximate surface area is 102 Å². The van der Waals surface area contributed by atoms with Gasteiger partial charge in [-0.05, 0) is 73.9 Å². The van der Waals surface area contributed by atoms with Crippen LogP contribution >= 0.6 is 0 Å². The molecule has 0 unspecified atom stereocenters. The summed E-state index contributed by atoms with van der Waals surface area (Å²) in [7, 11) is 0. The van der Waals surface area contributed by atoms with Gasteiger partial charge in [-0.2, -0.15) is 0 Å². The second-order valence-electron chi connectivity index (χ2n) is 4.69. The van der Waals surface area contributed by atoms with Gasteiger partial charge in [-0.25, -0.2) is 0 Å². The first-order chi connectivity index (χ1) is 7.37. The average Bonchev–Trinajstić information content (AvgIpc) is 2.26. The van der Waals surface area contributed by atoms with Gasteiger partial charge in [0.15, 0.2) is 0 Å². The van der Waals surface area contributed by atoms with Crippen LogP contribution in [0.3, 0.4) is 0 Å². The molecule has 0 amide bonds. The molecule has 1 aromatic carbocycles. The minimum Gasteiger partial charge on any atom is -0.0683 e. The molecule has 0 nitrogen and oxygen atoms in total. The van der Waals surface area contributed by atoms with Crippen molar-refractivity contribution in [2.24, 2.45) is 0 Å². The van der Waals surface area contributed by atoms with Crippen molar-refractivity contribution in [1.29, 1.82) is 0 Å². The summed E-state index contributed by atoms with van der Waals surface area (Å²) < 4.78 is 0. The summed E-state index contributed by atoms with van der Waals surface area (Å²) in [5.41, 5.74) is 8.92. The largest absolute Gasteiger partial charge is 0.0683 e. The van der Waals surface area contributed by atoms with Gasteiger partial charge in [-0.1, -0.05) is 27.7 Å². The Morgan fingerprint density at radius 1 is 0.562 bits per heavy atom. The lowest BCUT2D eigenvalue weighted by Crippen LogP contribution is -2.04. The van der Waals surface area contributed by atoms with Gasteiger partial charge in [-0.3, -0.25) is 0 Å². The van der Waals surface area contributed by atoms with Crippen LogP contribution < -0.4 is 0 Å². The van der Waals surface area contributed by atoms with Crippen molar-refractivity contribution in [2.75, 3.05) is 0 Å². The van der Waals surface area contributed by atoms with E-state index in [9.17, 15) is 0 Å². The van der Waals surface area contributed by atoms with Gasteiger partial charge in [0.2, 0.25) is 0 Å². The highest BCUT2D eigenvalue weighted by Crippen LogP contribution is 2.30. The molecule has 0 heteroatoms. The van der Waals surface area contributed by atoms with Crippen LogP contribution in [0.5, 0.6) is 0 Å². The van der Waals surface area contributed by atoms with Crippen molar-refractivity contribution >= 4 is 0 Å². The van der Waals surface area contributed by atoms with Crippen LogP contribution in [-0.4, -0.2) is 0 Å². The normalized spacial score (nSPS) is 10.1. The van der Waals surface area contributed by atoms with Crippen LogP contribution in [-0.2, 0) is 0 Å². The lowest BCUT2D eigenvalue weighted by Gasteiger charge is -2.21. The van der Waals surface area contributed by atoms with E-state index in [0.717, 1.165) is 0 Å².